The standard InChI is InChI=1S/C12H15N3/c1-2-8-14-9-3-6-12(11(14)5-1)15-10-4-7-13-15/h1-3,5-6,9,13H,4,7-8,10H2. The van der Waals surface area contributed by atoms with E-state index in [-0.39, 0.29) is 0 Å². The summed E-state index contributed by atoms with van der Waals surface area (Å²) in [7, 11) is 0. The van der Waals surface area contributed by atoms with Crippen LogP contribution in [0.3, 0.4) is 0 Å². The van der Waals surface area contributed by atoms with Crippen LogP contribution >= 0.6 is 0 Å². The molecule has 1 fully saturated rings. The molecule has 3 aliphatic rings. The van der Waals surface area contributed by atoms with Crippen LogP contribution in [0.1, 0.15) is 6.42 Å². The van der Waals surface area contributed by atoms with E-state index in [9.17, 15) is 0 Å². The normalized spacial score (nSPS) is 24.0. The van der Waals surface area contributed by atoms with Crippen molar-refractivity contribution in [1.82, 2.24) is 15.3 Å². The van der Waals surface area contributed by atoms with Crippen molar-refractivity contribution in [3.8, 4) is 0 Å². The van der Waals surface area contributed by atoms with Crippen molar-refractivity contribution in [2.24, 2.45) is 0 Å². The van der Waals surface area contributed by atoms with E-state index >= 15 is 0 Å². The third kappa shape index (κ3) is 1.49. The summed E-state index contributed by atoms with van der Waals surface area (Å²) in [6.45, 7) is 3.17. The molecule has 1 saturated heterocycles. The molecule has 0 atom stereocenters. The summed E-state index contributed by atoms with van der Waals surface area (Å²) in [6, 6.07) is 0. The molecule has 0 amide bonds. The number of nitrogens with zero attached hydrogens (tertiary/aromatic N) is 2. The van der Waals surface area contributed by atoms with Crippen LogP contribution in [0.25, 0.3) is 0 Å². The molecule has 1 N–H and O–H groups in total. The molecule has 0 aromatic carbocycles. The van der Waals surface area contributed by atoms with E-state index in [1.165, 1.54) is 17.8 Å². The first-order valence-corrected chi connectivity index (χ1v) is 5.48. The number of allylic oxidation sites excluding steroid dienone is 4. The van der Waals surface area contributed by atoms with Crippen LogP contribution in [0.15, 0.2) is 48.0 Å². The topological polar surface area (TPSA) is 18.5 Å². The third-order valence-corrected chi connectivity index (χ3v) is 2.94. The minimum absolute atomic E-state index is 0.980. The minimum atomic E-state index is 0.980. The highest BCUT2D eigenvalue weighted by molar-refractivity contribution is 5.40. The maximum Gasteiger partial charge on any atom is 0.0757 e. The first kappa shape index (κ1) is 8.80. The summed E-state index contributed by atoms with van der Waals surface area (Å²) in [5, 5.41) is 2.25. The molecule has 0 spiro atoms. The largest absolute Gasteiger partial charge is 0.342 e. The van der Waals surface area contributed by atoms with E-state index < -0.39 is 0 Å². The summed E-state index contributed by atoms with van der Waals surface area (Å²) in [4.78, 5) is 2.27. The van der Waals surface area contributed by atoms with Gasteiger partial charge in [0, 0.05) is 25.8 Å². The molecule has 0 saturated carbocycles. The van der Waals surface area contributed by atoms with Crippen molar-refractivity contribution >= 4 is 0 Å². The van der Waals surface area contributed by atoms with Gasteiger partial charge in [-0.2, -0.15) is 0 Å². The van der Waals surface area contributed by atoms with E-state index in [0.717, 1.165) is 19.6 Å². The SMILES string of the molecule is C1=CCN2C=CC=C(N3CCCN3)C2=C1. The van der Waals surface area contributed by atoms with Gasteiger partial charge in [0.15, 0.2) is 0 Å². The molecule has 3 nitrogen and oxygen atoms in total. The van der Waals surface area contributed by atoms with Crippen molar-refractivity contribution in [3.05, 3.63) is 48.0 Å². The summed E-state index contributed by atoms with van der Waals surface area (Å²) < 4.78 is 0. The molecule has 15 heavy (non-hydrogen) atoms. The summed E-state index contributed by atoms with van der Waals surface area (Å²) in [5.74, 6) is 0. The van der Waals surface area contributed by atoms with Crippen LogP contribution in [0.2, 0.25) is 0 Å². The number of hydrogen-bond donors (Lipinski definition) is 1. The molecule has 0 bridgehead atoms. The molecular formula is C12H15N3. The molecular weight excluding hydrogens is 186 g/mol. The van der Waals surface area contributed by atoms with Gasteiger partial charge < -0.3 is 9.91 Å². The molecule has 78 valence electrons. The lowest BCUT2D eigenvalue weighted by atomic mass is 10.1. The van der Waals surface area contributed by atoms with Crippen LogP contribution < -0.4 is 5.43 Å². The average Bonchev–Trinajstić information content (AvgIpc) is 2.82. The summed E-state index contributed by atoms with van der Waals surface area (Å²) >= 11 is 0. The van der Waals surface area contributed by atoms with E-state index in [1.807, 2.05) is 0 Å². The van der Waals surface area contributed by atoms with Crippen LogP contribution in [0.5, 0.6) is 0 Å². The van der Waals surface area contributed by atoms with Gasteiger partial charge in [-0.3, -0.25) is 0 Å². The number of hydrazine groups is 1. The Bertz CT molecular complexity index is 370. The van der Waals surface area contributed by atoms with Crippen molar-refractivity contribution < 1.29 is 0 Å². The van der Waals surface area contributed by atoms with E-state index in [1.54, 1.807) is 0 Å². The second-order valence-electron chi connectivity index (χ2n) is 3.94. The zero-order valence-electron chi connectivity index (χ0n) is 8.69. The molecule has 3 heteroatoms. The predicted octanol–water partition coefficient (Wildman–Crippen LogP) is 1.36. The number of nitrogens with one attached hydrogen (secondary N) is 1. The van der Waals surface area contributed by atoms with Crippen LogP contribution in [-0.2, 0) is 0 Å². The Labute approximate surface area is 90.0 Å². The molecule has 3 rings (SSSR count). The molecule has 0 unspecified atom stereocenters. The van der Waals surface area contributed by atoms with Crippen LogP contribution in [0, 0.1) is 0 Å². The molecule has 3 heterocycles. The van der Waals surface area contributed by atoms with Gasteiger partial charge in [-0.15, -0.1) is 0 Å². The number of fused-ring (bicyclic) bond motifs is 1. The van der Waals surface area contributed by atoms with Crippen molar-refractivity contribution in [3.63, 3.8) is 0 Å². The molecule has 3 aliphatic heterocycles. The Kier molecular flexibility index (Phi) is 2.10. The highest BCUT2D eigenvalue weighted by Gasteiger charge is 2.22. The lowest BCUT2D eigenvalue weighted by molar-refractivity contribution is 0.311. The van der Waals surface area contributed by atoms with Gasteiger partial charge in [0.2, 0.25) is 0 Å². The lowest BCUT2D eigenvalue weighted by Gasteiger charge is -2.33. The Hall–Kier alpha value is -1.48. The van der Waals surface area contributed by atoms with Gasteiger partial charge in [0.25, 0.3) is 0 Å². The van der Waals surface area contributed by atoms with E-state index in [0.29, 0.717) is 0 Å². The molecule has 0 aliphatic carbocycles. The molecule has 0 aromatic rings. The van der Waals surface area contributed by atoms with Gasteiger partial charge in [-0.05, 0) is 24.6 Å². The average molecular weight is 201 g/mol. The Morgan fingerprint density at radius 3 is 2.93 bits per heavy atom. The van der Waals surface area contributed by atoms with E-state index in [2.05, 4.69) is 51.9 Å². The molecule has 0 radical (unpaired) electrons. The maximum atomic E-state index is 3.40. The van der Waals surface area contributed by atoms with Crippen molar-refractivity contribution in [1.29, 1.82) is 0 Å². The maximum absolute atomic E-state index is 3.40. The minimum Gasteiger partial charge on any atom is -0.342 e. The van der Waals surface area contributed by atoms with Gasteiger partial charge in [-0.1, -0.05) is 12.2 Å². The third-order valence-electron chi connectivity index (χ3n) is 2.94. The number of hydrogen-bond acceptors (Lipinski definition) is 3. The lowest BCUT2D eigenvalue weighted by Crippen LogP contribution is -2.35. The zero-order chi connectivity index (χ0) is 10.1. The van der Waals surface area contributed by atoms with Crippen molar-refractivity contribution in [2.75, 3.05) is 19.6 Å². The second-order valence-corrected chi connectivity index (χ2v) is 3.94. The van der Waals surface area contributed by atoms with Gasteiger partial charge in [-0.25, -0.2) is 5.43 Å². The Balaban J connectivity index is 1.92. The summed E-state index contributed by atoms with van der Waals surface area (Å²) in [5.41, 5.74) is 5.99. The number of rotatable bonds is 1. The highest BCUT2D eigenvalue weighted by atomic mass is 15.5. The van der Waals surface area contributed by atoms with E-state index in [4.69, 9.17) is 0 Å². The quantitative estimate of drug-likeness (QED) is 0.691. The highest BCUT2D eigenvalue weighted by Crippen LogP contribution is 2.25. The zero-order valence-corrected chi connectivity index (χ0v) is 8.69. The Morgan fingerprint density at radius 1 is 1.13 bits per heavy atom. The first-order valence-electron chi connectivity index (χ1n) is 5.48. The van der Waals surface area contributed by atoms with Gasteiger partial charge in [0.05, 0.1) is 11.4 Å². The predicted molar refractivity (Wildman–Crippen MR) is 60.5 cm³/mol. The summed E-state index contributed by atoms with van der Waals surface area (Å²) in [6.07, 6.45) is 14.1. The molecule has 0 aromatic heterocycles. The smallest absolute Gasteiger partial charge is 0.0757 e. The Morgan fingerprint density at radius 2 is 2.07 bits per heavy atom. The fourth-order valence-electron chi connectivity index (χ4n) is 2.19. The van der Waals surface area contributed by atoms with Crippen LogP contribution in [0.4, 0.5) is 0 Å². The van der Waals surface area contributed by atoms with Crippen LogP contribution in [-0.4, -0.2) is 29.5 Å². The monoisotopic (exact) mass is 201 g/mol. The van der Waals surface area contributed by atoms with Gasteiger partial charge >= 0.3 is 0 Å². The fraction of sp³-hybridized carbons (Fsp3) is 0.333. The first-order chi connectivity index (χ1) is 7.45. The fourth-order valence-corrected chi connectivity index (χ4v) is 2.19. The second kappa shape index (κ2) is 3.59. The van der Waals surface area contributed by atoms with Gasteiger partial charge in [0.1, 0.15) is 0 Å². The van der Waals surface area contributed by atoms with Crippen molar-refractivity contribution in [2.45, 2.75) is 6.42 Å².